The molecule has 2 aromatic carbocycles. The molecule has 0 fully saturated rings. The molecule has 0 saturated carbocycles. The van der Waals surface area contributed by atoms with Crippen LogP contribution in [0.5, 0.6) is 11.5 Å². The van der Waals surface area contributed by atoms with Gasteiger partial charge in [0.1, 0.15) is 11.6 Å². The first-order chi connectivity index (χ1) is 14.1. The lowest BCUT2D eigenvalue weighted by molar-refractivity contribution is 0.355. The molecule has 148 valence electrons. The molecular weight excluding hydrogens is 384 g/mol. The Labute approximate surface area is 175 Å². The molecule has 0 aliphatic rings. The number of nitriles is 1. The van der Waals surface area contributed by atoms with Gasteiger partial charge in [0.25, 0.3) is 0 Å². The smallest absolute Gasteiger partial charge is 0.189 e. The summed E-state index contributed by atoms with van der Waals surface area (Å²) in [6.07, 6.45) is 1.92. The predicted octanol–water partition coefficient (Wildman–Crippen LogP) is 4.39. The van der Waals surface area contributed by atoms with Crippen molar-refractivity contribution in [2.24, 2.45) is 0 Å². The first-order valence-corrected chi connectivity index (χ1v) is 10.2. The van der Waals surface area contributed by atoms with E-state index in [0.717, 1.165) is 11.1 Å². The molecule has 1 heterocycles. The van der Waals surface area contributed by atoms with E-state index >= 15 is 0 Å². The molecule has 3 aromatic rings. The van der Waals surface area contributed by atoms with Crippen LogP contribution in [0.25, 0.3) is 11.3 Å². The standard InChI is InChI=1S/C22H22N4O2S/c1-26(14-15-8-6-5-7-9-15)21-17(13-23)20(24-22(25-21)29-4)16-10-11-18(27-2)19(12-16)28-3/h5-12H,14H2,1-4H3. The Bertz CT molecular complexity index is 1030. The van der Waals surface area contributed by atoms with Crippen LogP contribution in [0.3, 0.4) is 0 Å². The molecule has 0 radical (unpaired) electrons. The van der Waals surface area contributed by atoms with Gasteiger partial charge in [-0.2, -0.15) is 5.26 Å². The fourth-order valence-electron chi connectivity index (χ4n) is 3.02. The third-order valence-corrected chi connectivity index (χ3v) is 4.99. The number of thioether (sulfide) groups is 1. The zero-order valence-electron chi connectivity index (χ0n) is 16.8. The summed E-state index contributed by atoms with van der Waals surface area (Å²) < 4.78 is 10.7. The normalized spacial score (nSPS) is 10.3. The summed E-state index contributed by atoms with van der Waals surface area (Å²) in [4.78, 5) is 11.2. The molecule has 7 heteroatoms. The second kappa shape index (κ2) is 9.30. The molecule has 0 atom stereocenters. The van der Waals surface area contributed by atoms with Gasteiger partial charge in [-0.15, -0.1) is 0 Å². The van der Waals surface area contributed by atoms with E-state index in [2.05, 4.69) is 28.2 Å². The number of nitrogens with zero attached hydrogens (tertiary/aromatic N) is 4. The fraction of sp³-hybridized carbons (Fsp3) is 0.227. The molecule has 29 heavy (non-hydrogen) atoms. The number of ether oxygens (including phenoxy) is 2. The molecule has 0 spiro atoms. The molecule has 0 N–H and O–H groups in total. The first-order valence-electron chi connectivity index (χ1n) is 8.94. The van der Waals surface area contributed by atoms with Crippen molar-refractivity contribution in [1.29, 1.82) is 5.26 Å². The summed E-state index contributed by atoms with van der Waals surface area (Å²) in [5.41, 5.74) is 2.90. The summed E-state index contributed by atoms with van der Waals surface area (Å²) >= 11 is 1.44. The molecule has 3 rings (SSSR count). The maximum Gasteiger partial charge on any atom is 0.189 e. The van der Waals surface area contributed by atoms with E-state index in [4.69, 9.17) is 9.47 Å². The van der Waals surface area contributed by atoms with E-state index in [-0.39, 0.29) is 0 Å². The van der Waals surface area contributed by atoms with Gasteiger partial charge in [0.05, 0.1) is 19.9 Å². The van der Waals surface area contributed by atoms with E-state index in [1.807, 2.05) is 54.6 Å². The Balaban J connectivity index is 2.11. The maximum absolute atomic E-state index is 9.95. The average Bonchev–Trinajstić information content (AvgIpc) is 2.78. The average molecular weight is 407 g/mol. The Kier molecular flexibility index (Phi) is 6.57. The van der Waals surface area contributed by atoms with Crippen LogP contribution in [-0.4, -0.2) is 37.5 Å². The molecule has 6 nitrogen and oxygen atoms in total. The highest BCUT2D eigenvalue weighted by molar-refractivity contribution is 7.98. The van der Waals surface area contributed by atoms with E-state index in [9.17, 15) is 5.26 Å². The summed E-state index contributed by atoms with van der Waals surface area (Å²) in [6, 6.07) is 17.9. The van der Waals surface area contributed by atoms with Gasteiger partial charge in [-0.05, 0) is 30.0 Å². The number of aromatic nitrogens is 2. The summed E-state index contributed by atoms with van der Waals surface area (Å²) in [5.74, 6) is 1.80. The summed E-state index contributed by atoms with van der Waals surface area (Å²) in [5, 5.41) is 10.5. The predicted molar refractivity (Wildman–Crippen MR) is 116 cm³/mol. The van der Waals surface area contributed by atoms with Crippen LogP contribution in [0.4, 0.5) is 5.82 Å². The zero-order chi connectivity index (χ0) is 20.8. The maximum atomic E-state index is 9.95. The fourth-order valence-corrected chi connectivity index (χ4v) is 3.38. The minimum atomic E-state index is 0.424. The minimum absolute atomic E-state index is 0.424. The van der Waals surface area contributed by atoms with Gasteiger partial charge in [0.15, 0.2) is 22.5 Å². The Morgan fingerprint density at radius 1 is 1.03 bits per heavy atom. The molecule has 0 bridgehead atoms. The van der Waals surface area contributed by atoms with Crippen LogP contribution in [-0.2, 0) is 6.54 Å². The van der Waals surface area contributed by atoms with Crippen molar-refractivity contribution in [2.45, 2.75) is 11.7 Å². The Hall–Kier alpha value is -3.24. The molecule has 0 aliphatic carbocycles. The molecule has 1 aromatic heterocycles. The molecule has 0 aliphatic heterocycles. The Morgan fingerprint density at radius 3 is 2.38 bits per heavy atom. The van der Waals surface area contributed by atoms with Crippen LogP contribution in [0.15, 0.2) is 53.7 Å². The highest BCUT2D eigenvalue weighted by Gasteiger charge is 2.20. The van der Waals surface area contributed by atoms with Crippen LogP contribution >= 0.6 is 11.8 Å². The number of benzene rings is 2. The second-order valence-electron chi connectivity index (χ2n) is 6.28. The van der Waals surface area contributed by atoms with Gasteiger partial charge in [-0.3, -0.25) is 0 Å². The summed E-state index contributed by atoms with van der Waals surface area (Å²) in [6.45, 7) is 0.631. The van der Waals surface area contributed by atoms with Crippen molar-refractivity contribution in [3.05, 3.63) is 59.7 Å². The quantitative estimate of drug-likeness (QED) is 0.426. The molecular formula is C22H22N4O2S. The van der Waals surface area contributed by atoms with E-state index in [1.165, 1.54) is 11.8 Å². The third kappa shape index (κ3) is 4.44. The van der Waals surface area contributed by atoms with Gasteiger partial charge in [-0.1, -0.05) is 42.1 Å². The third-order valence-electron chi connectivity index (χ3n) is 4.44. The van der Waals surface area contributed by atoms with Crippen molar-refractivity contribution in [3.8, 4) is 28.8 Å². The molecule has 0 saturated heterocycles. The molecule has 0 unspecified atom stereocenters. The van der Waals surface area contributed by atoms with Gasteiger partial charge in [0.2, 0.25) is 0 Å². The minimum Gasteiger partial charge on any atom is -0.493 e. The lowest BCUT2D eigenvalue weighted by atomic mass is 10.1. The monoisotopic (exact) mass is 406 g/mol. The van der Waals surface area contributed by atoms with E-state index in [0.29, 0.717) is 40.3 Å². The largest absolute Gasteiger partial charge is 0.493 e. The van der Waals surface area contributed by atoms with Crippen molar-refractivity contribution in [2.75, 3.05) is 32.4 Å². The van der Waals surface area contributed by atoms with Crippen LogP contribution in [0.2, 0.25) is 0 Å². The van der Waals surface area contributed by atoms with Gasteiger partial charge in [0, 0.05) is 19.2 Å². The Morgan fingerprint density at radius 2 is 1.76 bits per heavy atom. The number of rotatable bonds is 7. The van der Waals surface area contributed by atoms with E-state index in [1.54, 1.807) is 14.2 Å². The van der Waals surface area contributed by atoms with Crippen LogP contribution in [0, 0.1) is 11.3 Å². The van der Waals surface area contributed by atoms with Crippen molar-refractivity contribution < 1.29 is 9.47 Å². The lowest BCUT2D eigenvalue weighted by Crippen LogP contribution is -2.20. The topological polar surface area (TPSA) is 71.3 Å². The number of hydrogen-bond acceptors (Lipinski definition) is 7. The van der Waals surface area contributed by atoms with Crippen molar-refractivity contribution >= 4 is 17.6 Å². The van der Waals surface area contributed by atoms with Crippen molar-refractivity contribution in [3.63, 3.8) is 0 Å². The van der Waals surface area contributed by atoms with Gasteiger partial charge in [-0.25, -0.2) is 9.97 Å². The zero-order valence-corrected chi connectivity index (χ0v) is 17.7. The van der Waals surface area contributed by atoms with Crippen LogP contribution in [0.1, 0.15) is 11.1 Å². The van der Waals surface area contributed by atoms with E-state index < -0.39 is 0 Å². The van der Waals surface area contributed by atoms with Gasteiger partial charge < -0.3 is 14.4 Å². The first kappa shape index (κ1) is 20.5. The molecule has 0 amide bonds. The van der Waals surface area contributed by atoms with Crippen LogP contribution < -0.4 is 14.4 Å². The number of hydrogen-bond donors (Lipinski definition) is 0. The number of methoxy groups -OCH3 is 2. The van der Waals surface area contributed by atoms with Gasteiger partial charge >= 0.3 is 0 Å². The lowest BCUT2D eigenvalue weighted by Gasteiger charge is -2.21. The highest BCUT2D eigenvalue weighted by atomic mass is 32.2. The van der Waals surface area contributed by atoms with Crippen molar-refractivity contribution in [1.82, 2.24) is 9.97 Å². The highest BCUT2D eigenvalue weighted by Crippen LogP contribution is 2.35. The number of anilines is 1. The SMILES string of the molecule is COc1ccc(-c2nc(SC)nc(N(C)Cc3ccccc3)c2C#N)cc1OC. The second-order valence-corrected chi connectivity index (χ2v) is 7.05. The summed E-state index contributed by atoms with van der Waals surface area (Å²) in [7, 11) is 5.10.